The van der Waals surface area contributed by atoms with Crippen LogP contribution in [0.2, 0.25) is 0 Å². The van der Waals surface area contributed by atoms with Crippen molar-refractivity contribution in [2.24, 2.45) is 0 Å². The lowest BCUT2D eigenvalue weighted by atomic mass is 10.1. The molecular formula is C19H18O. The maximum atomic E-state index is 11.7. The first-order valence-electron chi connectivity index (χ1n) is 6.67. The zero-order valence-corrected chi connectivity index (χ0v) is 11.8. The van der Waals surface area contributed by atoms with E-state index in [9.17, 15) is 4.79 Å². The van der Waals surface area contributed by atoms with E-state index in [1.807, 2.05) is 74.5 Å². The molecule has 0 fully saturated rings. The van der Waals surface area contributed by atoms with Gasteiger partial charge in [0, 0.05) is 0 Å². The van der Waals surface area contributed by atoms with Crippen LogP contribution in [0.15, 0.2) is 60.7 Å². The third kappa shape index (κ3) is 4.36. The van der Waals surface area contributed by atoms with Gasteiger partial charge in [-0.2, -0.15) is 0 Å². The summed E-state index contributed by atoms with van der Waals surface area (Å²) in [6.07, 6.45) is 6.85. The molecule has 2 aromatic carbocycles. The minimum absolute atomic E-state index is 0.00819. The number of ketones is 1. The maximum absolute atomic E-state index is 11.7. The lowest BCUT2D eigenvalue weighted by Crippen LogP contribution is -1.85. The highest BCUT2D eigenvalue weighted by Gasteiger charge is 1.92. The van der Waals surface area contributed by atoms with Crippen LogP contribution in [0.3, 0.4) is 0 Å². The molecule has 20 heavy (non-hydrogen) atoms. The van der Waals surface area contributed by atoms with Crippen LogP contribution < -0.4 is 0 Å². The van der Waals surface area contributed by atoms with Crippen molar-refractivity contribution in [1.29, 1.82) is 0 Å². The van der Waals surface area contributed by atoms with Crippen LogP contribution in [-0.4, -0.2) is 5.78 Å². The Balaban J connectivity index is 1.98. The van der Waals surface area contributed by atoms with Crippen molar-refractivity contribution < 1.29 is 4.79 Å². The summed E-state index contributed by atoms with van der Waals surface area (Å²) in [7, 11) is 0. The zero-order chi connectivity index (χ0) is 14.4. The summed E-state index contributed by atoms with van der Waals surface area (Å²) >= 11 is 0. The van der Waals surface area contributed by atoms with Gasteiger partial charge in [0.2, 0.25) is 0 Å². The number of aryl methyl sites for hydroxylation is 2. The van der Waals surface area contributed by atoms with E-state index in [2.05, 4.69) is 0 Å². The Morgan fingerprint density at radius 3 is 1.40 bits per heavy atom. The SMILES string of the molecule is Cc1ccc(/C=C/C(=O)/C=C/c2ccc(C)cc2)cc1. The van der Waals surface area contributed by atoms with Gasteiger partial charge in [0.1, 0.15) is 0 Å². The summed E-state index contributed by atoms with van der Waals surface area (Å²) in [5, 5.41) is 0. The average molecular weight is 262 g/mol. The number of benzene rings is 2. The third-order valence-electron chi connectivity index (χ3n) is 3.03. The predicted molar refractivity (Wildman–Crippen MR) is 85.4 cm³/mol. The molecule has 0 bridgehead atoms. The fraction of sp³-hybridized carbons (Fsp3) is 0.105. The topological polar surface area (TPSA) is 17.1 Å². The highest BCUT2D eigenvalue weighted by molar-refractivity contribution is 6.04. The molecule has 0 unspecified atom stereocenters. The molecule has 0 spiro atoms. The van der Waals surface area contributed by atoms with Crippen molar-refractivity contribution in [2.75, 3.05) is 0 Å². The number of allylic oxidation sites excluding steroid dienone is 2. The van der Waals surface area contributed by atoms with Crippen LogP contribution in [0.25, 0.3) is 12.2 Å². The van der Waals surface area contributed by atoms with Crippen LogP contribution in [0, 0.1) is 13.8 Å². The minimum atomic E-state index is -0.00819. The molecule has 0 saturated heterocycles. The van der Waals surface area contributed by atoms with Crippen LogP contribution in [0.4, 0.5) is 0 Å². The number of hydrogen-bond acceptors (Lipinski definition) is 1. The van der Waals surface area contributed by atoms with E-state index >= 15 is 0 Å². The molecule has 0 atom stereocenters. The molecule has 1 heteroatoms. The van der Waals surface area contributed by atoms with E-state index in [1.54, 1.807) is 12.2 Å². The first-order chi connectivity index (χ1) is 9.63. The quantitative estimate of drug-likeness (QED) is 0.736. The van der Waals surface area contributed by atoms with E-state index in [-0.39, 0.29) is 5.78 Å². The summed E-state index contributed by atoms with van der Waals surface area (Å²) in [6, 6.07) is 16.1. The molecule has 1 nitrogen and oxygen atoms in total. The third-order valence-corrected chi connectivity index (χ3v) is 3.03. The smallest absolute Gasteiger partial charge is 0.178 e. The van der Waals surface area contributed by atoms with Crippen molar-refractivity contribution in [3.63, 3.8) is 0 Å². The Morgan fingerprint density at radius 2 is 1.05 bits per heavy atom. The molecule has 0 aromatic heterocycles. The Kier molecular flexibility index (Phi) is 4.67. The van der Waals surface area contributed by atoms with Crippen molar-refractivity contribution in [3.05, 3.63) is 82.9 Å². The van der Waals surface area contributed by atoms with E-state index in [0.29, 0.717) is 0 Å². The Labute approximate surface area is 120 Å². The van der Waals surface area contributed by atoms with Gasteiger partial charge < -0.3 is 0 Å². The van der Waals surface area contributed by atoms with Crippen molar-refractivity contribution in [2.45, 2.75) is 13.8 Å². The first kappa shape index (κ1) is 14.0. The van der Waals surface area contributed by atoms with Gasteiger partial charge in [-0.25, -0.2) is 0 Å². The molecule has 0 amide bonds. The van der Waals surface area contributed by atoms with E-state index in [4.69, 9.17) is 0 Å². The molecule has 0 aliphatic carbocycles. The molecular weight excluding hydrogens is 244 g/mol. The summed E-state index contributed by atoms with van der Waals surface area (Å²) < 4.78 is 0. The molecule has 0 aliphatic rings. The molecule has 0 heterocycles. The van der Waals surface area contributed by atoms with Crippen LogP contribution in [0.1, 0.15) is 22.3 Å². The molecule has 0 aliphatic heterocycles. The highest BCUT2D eigenvalue weighted by Crippen LogP contribution is 2.07. The standard InChI is InChI=1S/C19H18O/c1-15-3-7-17(8-4-15)11-13-19(20)14-12-18-9-5-16(2)6-10-18/h3-14H,1-2H3/b13-11+,14-12+. The van der Waals surface area contributed by atoms with Gasteiger partial charge in [0.25, 0.3) is 0 Å². The Morgan fingerprint density at radius 1 is 0.700 bits per heavy atom. The lowest BCUT2D eigenvalue weighted by Gasteiger charge is -1.94. The highest BCUT2D eigenvalue weighted by atomic mass is 16.1. The number of rotatable bonds is 4. The second kappa shape index (κ2) is 6.67. The molecule has 0 radical (unpaired) electrons. The molecule has 0 saturated carbocycles. The minimum Gasteiger partial charge on any atom is -0.290 e. The van der Waals surface area contributed by atoms with Crippen molar-refractivity contribution in [1.82, 2.24) is 0 Å². The first-order valence-corrected chi connectivity index (χ1v) is 6.67. The normalized spacial score (nSPS) is 11.3. The zero-order valence-electron chi connectivity index (χ0n) is 11.8. The molecule has 100 valence electrons. The fourth-order valence-corrected chi connectivity index (χ4v) is 1.77. The van der Waals surface area contributed by atoms with E-state index in [0.717, 1.165) is 11.1 Å². The van der Waals surface area contributed by atoms with Gasteiger partial charge in [-0.15, -0.1) is 0 Å². The monoisotopic (exact) mass is 262 g/mol. The van der Waals surface area contributed by atoms with Gasteiger partial charge in [-0.1, -0.05) is 71.8 Å². The molecule has 0 N–H and O–H groups in total. The van der Waals surface area contributed by atoms with Gasteiger partial charge in [0.05, 0.1) is 0 Å². The second-order valence-corrected chi connectivity index (χ2v) is 4.89. The number of carbonyl (C=O) groups excluding carboxylic acids is 1. The Hall–Kier alpha value is -2.41. The van der Waals surface area contributed by atoms with Gasteiger partial charge >= 0.3 is 0 Å². The largest absolute Gasteiger partial charge is 0.290 e. The van der Waals surface area contributed by atoms with Crippen LogP contribution in [0.5, 0.6) is 0 Å². The van der Waals surface area contributed by atoms with Gasteiger partial charge in [0.15, 0.2) is 5.78 Å². The van der Waals surface area contributed by atoms with Crippen molar-refractivity contribution in [3.8, 4) is 0 Å². The van der Waals surface area contributed by atoms with Crippen LogP contribution >= 0.6 is 0 Å². The number of carbonyl (C=O) groups is 1. The van der Waals surface area contributed by atoms with Gasteiger partial charge in [-0.05, 0) is 37.1 Å². The molecule has 2 rings (SSSR count). The van der Waals surface area contributed by atoms with E-state index in [1.165, 1.54) is 11.1 Å². The fourth-order valence-electron chi connectivity index (χ4n) is 1.77. The van der Waals surface area contributed by atoms with Crippen LogP contribution in [-0.2, 0) is 4.79 Å². The summed E-state index contributed by atoms with van der Waals surface area (Å²) in [5.74, 6) is -0.00819. The molecule has 2 aromatic rings. The summed E-state index contributed by atoms with van der Waals surface area (Å²) in [4.78, 5) is 11.7. The van der Waals surface area contributed by atoms with Gasteiger partial charge in [-0.3, -0.25) is 4.79 Å². The maximum Gasteiger partial charge on any atom is 0.178 e. The lowest BCUT2D eigenvalue weighted by molar-refractivity contribution is -0.110. The Bertz CT molecular complexity index is 571. The van der Waals surface area contributed by atoms with E-state index < -0.39 is 0 Å². The number of hydrogen-bond donors (Lipinski definition) is 0. The summed E-state index contributed by atoms with van der Waals surface area (Å²) in [6.45, 7) is 4.09. The second-order valence-electron chi connectivity index (χ2n) is 4.89. The predicted octanol–water partition coefficient (Wildman–Crippen LogP) is 4.60. The average Bonchev–Trinajstić information content (AvgIpc) is 2.46. The summed E-state index contributed by atoms with van der Waals surface area (Å²) in [5.41, 5.74) is 4.50. The van der Waals surface area contributed by atoms with Crippen molar-refractivity contribution >= 4 is 17.9 Å².